The largest absolute Gasteiger partial charge is 0.325 e. The number of rotatable bonds is 9. The molecular weight excluding hydrogens is 524 g/mol. The Kier molecular flexibility index (Phi) is 8.74. The first-order chi connectivity index (χ1) is 17.7. The third kappa shape index (κ3) is 8.22. The van der Waals surface area contributed by atoms with Crippen LogP contribution in [0.25, 0.3) is 11.1 Å². The number of anilines is 1. The van der Waals surface area contributed by atoms with Gasteiger partial charge in [0, 0.05) is 16.8 Å². The number of hydrogen-bond donors (Lipinski definition) is 3. The molecule has 0 aliphatic heterocycles. The number of carbonyl (C=O) groups is 1. The summed E-state index contributed by atoms with van der Waals surface area (Å²) in [7, 11) is -7.50. The fraction of sp³-hybridized carbons (Fsp3) is 0.259. The van der Waals surface area contributed by atoms with Crippen LogP contribution in [0.4, 0.5) is 5.69 Å². The first-order valence-electron chi connectivity index (χ1n) is 11.7. The predicted octanol–water partition coefficient (Wildman–Crippen LogP) is 3.40. The molecule has 3 N–H and O–H groups in total. The molecule has 3 rings (SSSR count). The molecule has 0 saturated carbocycles. The molecule has 38 heavy (non-hydrogen) atoms. The highest BCUT2D eigenvalue weighted by Gasteiger charge is 2.25. The minimum Gasteiger partial charge on any atom is -0.325 e. The second kappa shape index (κ2) is 11.4. The molecule has 0 radical (unpaired) electrons. The van der Waals surface area contributed by atoms with Crippen molar-refractivity contribution in [3.8, 4) is 17.2 Å². The van der Waals surface area contributed by atoms with Crippen LogP contribution in [0.3, 0.4) is 0 Å². The summed E-state index contributed by atoms with van der Waals surface area (Å²) in [4.78, 5) is 13.2. The molecule has 0 aliphatic rings. The zero-order valence-corrected chi connectivity index (χ0v) is 23.2. The summed E-state index contributed by atoms with van der Waals surface area (Å²) in [5, 5.41) is 11.8. The molecule has 3 aromatic rings. The van der Waals surface area contributed by atoms with Gasteiger partial charge < -0.3 is 5.32 Å². The molecule has 0 heterocycles. The van der Waals surface area contributed by atoms with Crippen molar-refractivity contribution in [3.63, 3.8) is 0 Å². The van der Waals surface area contributed by atoms with E-state index in [9.17, 15) is 21.6 Å². The van der Waals surface area contributed by atoms with E-state index >= 15 is 0 Å². The van der Waals surface area contributed by atoms with E-state index in [1.165, 1.54) is 6.07 Å². The molecule has 3 aromatic carbocycles. The van der Waals surface area contributed by atoms with Crippen molar-refractivity contribution in [3.05, 3.63) is 83.9 Å². The molecule has 11 heteroatoms. The van der Waals surface area contributed by atoms with Gasteiger partial charge in [-0.15, -0.1) is 0 Å². The van der Waals surface area contributed by atoms with Crippen molar-refractivity contribution in [1.29, 1.82) is 5.26 Å². The predicted molar refractivity (Wildman–Crippen MR) is 147 cm³/mol. The zero-order valence-electron chi connectivity index (χ0n) is 21.5. The minimum atomic E-state index is -3.79. The minimum absolute atomic E-state index is 0.0402. The molecule has 0 aromatic heterocycles. The van der Waals surface area contributed by atoms with Gasteiger partial charge in [0.25, 0.3) is 0 Å². The van der Waals surface area contributed by atoms with Crippen LogP contribution in [0, 0.1) is 11.3 Å². The lowest BCUT2D eigenvalue weighted by atomic mass is 10.0. The Hall–Kier alpha value is -3.56. The SMILES string of the molecule is CC(C)(C)NS(=O)(=O)c1ccccc1-c1ccc(NC(=O)[C@H](Cc2cccc(C#N)c2)NS(C)(=O)=O)cc1. The maximum absolute atomic E-state index is 13.0. The summed E-state index contributed by atoms with van der Waals surface area (Å²) in [6.07, 6.45) is 1.01. The molecule has 0 bridgehead atoms. The fourth-order valence-corrected chi connectivity index (χ4v) is 6.17. The van der Waals surface area contributed by atoms with Crippen molar-refractivity contribution in [2.45, 2.75) is 43.7 Å². The second-order valence-corrected chi connectivity index (χ2v) is 13.3. The first-order valence-corrected chi connectivity index (χ1v) is 15.0. The van der Waals surface area contributed by atoms with Gasteiger partial charge >= 0.3 is 0 Å². The second-order valence-electron chi connectivity index (χ2n) is 9.88. The number of nitriles is 1. The van der Waals surface area contributed by atoms with Crippen LogP contribution in [0.2, 0.25) is 0 Å². The third-order valence-corrected chi connectivity index (χ3v) is 7.78. The number of nitrogens with one attached hydrogen (secondary N) is 3. The number of amides is 1. The van der Waals surface area contributed by atoms with E-state index in [4.69, 9.17) is 5.26 Å². The highest BCUT2D eigenvalue weighted by atomic mass is 32.2. The molecule has 0 fully saturated rings. The van der Waals surface area contributed by atoms with Crippen LogP contribution < -0.4 is 14.8 Å². The van der Waals surface area contributed by atoms with Crippen LogP contribution in [0.1, 0.15) is 31.9 Å². The van der Waals surface area contributed by atoms with E-state index in [-0.39, 0.29) is 11.3 Å². The number of hydrogen-bond acceptors (Lipinski definition) is 6. The topological polar surface area (TPSA) is 145 Å². The van der Waals surface area contributed by atoms with Crippen LogP contribution in [0.15, 0.2) is 77.7 Å². The van der Waals surface area contributed by atoms with E-state index in [1.807, 2.05) is 6.07 Å². The van der Waals surface area contributed by atoms with Crippen molar-refractivity contribution in [1.82, 2.24) is 9.44 Å². The Morgan fingerprint density at radius 1 is 0.947 bits per heavy atom. The average Bonchev–Trinajstić information content (AvgIpc) is 2.82. The van der Waals surface area contributed by atoms with E-state index in [1.54, 1.807) is 87.5 Å². The Morgan fingerprint density at radius 3 is 2.21 bits per heavy atom. The van der Waals surface area contributed by atoms with E-state index in [0.717, 1.165) is 6.26 Å². The van der Waals surface area contributed by atoms with Gasteiger partial charge in [-0.25, -0.2) is 26.3 Å². The lowest BCUT2D eigenvalue weighted by Crippen LogP contribution is -2.44. The quantitative estimate of drug-likeness (QED) is 0.370. The molecule has 0 spiro atoms. The molecule has 1 atom stereocenters. The monoisotopic (exact) mass is 554 g/mol. The standard InChI is InChI=1S/C27H30N4O5S2/c1-27(2,3)31-38(35,36)25-11-6-5-10-23(25)21-12-14-22(15-13-21)29-26(32)24(30-37(4,33)34)17-19-8-7-9-20(16-19)18-28/h5-16,24,30-31H,17H2,1-4H3,(H,29,32)/t24-/m0/s1. The summed E-state index contributed by atoms with van der Waals surface area (Å²) in [6.45, 7) is 5.28. The summed E-state index contributed by atoms with van der Waals surface area (Å²) in [5.74, 6) is -0.581. The van der Waals surface area contributed by atoms with Gasteiger partial charge in [0.15, 0.2) is 0 Å². The molecule has 0 saturated heterocycles. The van der Waals surface area contributed by atoms with E-state index < -0.39 is 37.5 Å². The summed E-state index contributed by atoms with van der Waals surface area (Å²) in [5.41, 5.74) is 1.88. The Bertz CT molecular complexity index is 1570. The van der Waals surface area contributed by atoms with Gasteiger partial charge in [-0.2, -0.15) is 5.26 Å². The average molecular weight is 555 g/mol. The first kappa shape index (κ1) is 29.0. The summed E-state index contributed by atoms with van der Waals surface area (Å²) in [6, 6.07) is 20.7. The summed E-state index contributed by atoms with van der Waals surface area (Å²) >= 11 is 0. The van der Waals surface area contributed by atoms with Gasteiger partial charge in [-0.05, 0) is 68.7 Å². The van der Waals surface area contributed by atoms with Crippen LogP contribution in [-0.2, 0) is 31.3 Å². The Labute approximate surface area is 224 Å². The normalized spacial score (nSPS) is 12.9. The van der Waals surface area contributed by atoms with Gasteiger partial charge in [-0.3, -0.25) is 4.79 Å². The van der Waals surface area contributed by atoms with Gasteiger partial charge in [0.05, 0.1) is 22.8 Å². The highest BCUT2D eigenvalue weighted by molar-refractivity contribution is 7.89. The van der Waals surface area contributed by atoms with Gasteiger partial charge in [0.1, 0.15) is 6.04 Å². The summed E-state index contributed by atoms with van der Waals surface area (Å²) < 4.78 is 54.8. The molecule has 9 nitrogen and oxygen atoms in total. The molecule has 1 amide bonds. The van der Waals surface area contributed by atoms with Crippen LogP contribution in [-0.4, -0.2) is 40.6 Å². The number of nitrogens with zero attached hydrogens (tertiary/aromatic N) is 1. The zero-order chi connectivity index (χ0) is 28.1. The fourth-order valence-electron chi connectivity index (χ4n) is 3.81. The molecule has 0 unspecified atom stereocenters. The highest BCUT2D eigenvalue weighted by Crippen LogP contribution is 2.29. The maximum Gasteiger partial charge on any atom is 0.242 e. The Balaban J connectivity index is 1.84. The smallest absolute Gasteiger partial charge is 0.242 e. The number of carbonyl (C=O) groups excluding carboxylic acids is 1. The molecule has 0 aliphatic carbocycles. The van der Waals surface area contributed by atoms with Crippen molar-refractivity contribution < 1.29 is 21.6 Å². The molecular formula is C27H30N4O5S2. The lowest BCUT2D eigenvalue weighted by molar-refractivity contribution is -0.117. The van der Waals surface area contributed by atoms with Crippen LogP contribution >= 0.6 is 0 Å². The van der Waals surface area contributed by atoms with Crippen LogP contribution in [0.5, 0.6) is 0 Å². The maximum atomic E-state index is 13.0. The third-order valence-electron chi connectivity index (χ3n) is 5.25. The van der Waals surface area contributed by atoms with E-state index in [2.05, 4.69) is 14.8 Å². The van der Waals surface area contributed by atoms with Gasteiger partial charge in [0.2, 0.25) is 26.0 Å². The van der Waals surface area contributed by atoms with E-state index in [0.29, 0.717) is 27.9 Å². The van der Waals surface area contributed by atoms with Crippen molar-refractivity contribution in [2.75, 3.05) is 11.6 Å². The van der Waals surface area contributed by atoms with Gasteiger partial charge in [-0.1, -0.05) is 42.5 Å². The van der Waals surface area contributed by atoms with Crippen molar-refractivity contribution in [2.24, 2.45) is 0 Å². The number of benzene rings is 3. The Morgan fingerprint density at radius 2 is 1.61 bits per heavy atom. The number of sulfonamides is 2. The van der Waals surface area contributed by atoms with Crippen molar-refractivity contribution >= 4 is 31.6 Å². The lowest BCUT2D eigenvalue weighted by Gasteiger charge is -2.21. The molecule has 200 valence electrons.